The maximum Gasteiger partial charge on any atom is 0.308 e. The average molecular weight is 291 g/mol. The summed E-state index contributed by atoms with van der Waals surface area (Å²) in [4.78, 5) is 23.2. The van der Waals surface area contributed by atoms with Gasteiger partial charge in [0.25, 0.3) is 0 Å². The number of hydrogen-bond donors (Lipinski definition) is 2. The van der Waals surface area contributed by atoms with Crippen molar-refractivity contribution in [3.05, 3.63) is 23.8 Å². The largest absolute Gasteiger partial charge is 0.481 e. The maximum absolute atomic E-state index is 12.1. The van der Waals surface area contributed by atoms with Crippen LogP contribution < -0.4 is 14.8 Å². The van der Waals surface area contributed by atoms with Crippen molar-refractivity contribution in [3.8, 4) is 11.5 Å². The van der Waals surface area contributed by atoms with Gasteiger partial charge in [-0.3, -0.25) is 9.59 Å². The van der Waals surface area contributed by atoms with Crippen LogP contribution in [0.15, 0.2) is 18.2 Å². The van der Waals surface area contributed by atoms with Gasteiger partial charge in [0, 0.05) is 6.04 Å². The van der Waals surface area contributed by atoms with Gasteiger partial charge in [-0.2, -0.15) is 0 Å². The molecule has 2 atom stereocenters. The third-order valence-electron chi connectivity index (χ3n) is 3.98. The summed E-state index contributed by atoms with van der Waals surface area (Å²) in [5.41, 5.74) is 0.821. The monoisotopic (exact) mass is 291 g/mol. The number of carboxylic acids is 1. The predicted molar refractivity (Wildman–Crippen MR) is 73.2 cm³/mol. The number of aliphatic carboxylic acids is 1. The number of amides is 1. The van der Waals surface area contributed by atoms with Gasteiger partial charge < -0.3 is 19.9 Å². The summed E-state index contributed by atoms with van der Waals surface area (Å²) in [6.07, 6.45) is 2.40. The summed E-state index contributed by atoms with van der Waals surface area (Å²) in [7, 11) is 0. The molecule has 1 saturated carbocycles. The van der Waals surface area contributed by atoms with Crippen LogP contribution in [0.5, 0.6) is 11.5 Å². The van der Waals surface area contributed by atoms with Crippen molar-refractivity contribution in [2.24, 2.45) is 5.92 Å². The molecule has 1 heterocycles. The molecule has 0 bridgehead atoms. The second-order valence-electron chi connectivity index (χ2n) is 5.41. The van der Waals surface area contributed by atoms with Crippen molar-refractivity contribution < 1.29 is 24.2 Å². The Hall–Kier alpha value is -2.24. The minimum Gasteiger partial charge on any atom is -0.481 e. The Morgan fingerprint density at radius 3 is 2.86 bits per heavy atom. The Bertz CT molecular complexity index is 571. The molecule has 6 nitrogen and oxygen atoms in total. The van der Waals surface area contributed by atoms with Crippen molar-refractivity contribution in [1.29, 1.82) is 0 Å². The van der Waals surface area contributed by atoms with E-state index in [0.29, 0.717) is 17.9 Å². The normalized spacial score (nSPS) is 23.0. The number of carbonyl (C=O) groups excluding carboxylic acids is 1. The van der Waals surface area contributed by atoms with Crippen LogP contribution >= 0.6 is 0 Å². The van der Waals surface area contributed by atoms with E-state index in [9.17, 15) is 9.59 Å². The van der Waals surface area contributed by atoms with E-state index in [-0.39, 0.29) is 25.2 Å². The van der Waals surface area contributed by atoms with Crippen molar-refractivity contribution in [2.75, 3.05) is 6.79 Å². The van der Waals surface area contributed by atoms with Gasteiger partial charge in [-0.25, -0.2) is 0 Å². The van der Waals surface area contributed by atoms with Crippen LogP contribution in [0.2, 0.25) is 0 Å². The molecular weight excluding hydrogens is 274 g/mol. The molecule has 1 aliphatic carbocycles. The summed E-state index contributed by atoms with van der Waals surface area (Å²) in [6.45, 7) is 0.202. The number of nitrogens with one attached hydrogen (secondary N) is 1. The van der Waals surface area contributed by atoms with Gasteiger partial charge in [0.15, 0.2) is 11.5 Å². The molecule has 2 N–H and O–H groups in total. The zero-order chi connectivity index (χ0) is 14.8. The van der Waals surface area contributed by atoms with E-state index in [1.165, 1.54) is 0 Å². The summed E-state index contributed by atoms with van der Waals surface area (Å²) in [5.74, 6) is -0.135. The highest BCUT2D eigenvalue weighted by molar-refractivity contribution is 5.80. The molecule has 21 heavy (non-hydrogen) atoms. The molecule has 0 saturated heterocycles. The van der Waals surface area contributed by atoms with Gasteiger partial charge in [-0.15, -0.1) is 0 Å². The lowest BCUT2D eigenvalue weighted by atomic mass is 10.0. The fourth-order valence-electron chi connectivity index (χ4n) is 2.92. The third kappa shape index (κ3) is 2.94. The van der Waals surface area contributed by atoms with Crippen molar-refractivity contribution in [3.63, 3.8) is 0 Å². The molecule has 112 valence electrons. The standard InChI is InChI=1S/C15H17NO5/c17-14(16-11-3-1-2-10(11)15(18)19)7-9-4-5-12-13(6-9)21-8-20-12/h4-6,10-11H,1-3,7-8H2,(H,16,17)(H,18,19)/t10-,11+/m1/s1. The third-order valence-corrected chi connectivity index (χ3v) is 3.98. The van der Waals surface area contributed by atoms with E-state index in [4.69, 9.17) is 14.6 Å². The van der Waals surface area contributed by atoms with Crippen molar-refractivity contribution in [1.82, 2.24) is 5.32 Å². The van der Waals surface area contributed by atoms with Gasteiger partial charge >= 0.3 is 5.97 Å². The number of ether oxygens (including phenoxy) is 2. The predicted octanol–water partition coefficient (Wildman–Crippen LogP) is 1.33. The van der Waals surface area contributed by atoms with Gasteiger partial charge in [0.1, 0.15) is 0 Å². The zero-order valence-corrected chi connectivity index (χ0v) is 11.5. The Morgan fingerprint density at radius 1 is 1.24 bits per heavy atom. The number of carbonyl (C=O) groups is 2. The molecule has 0 unspecified atom stereocenters. The molecule has 1 aromatic rings. The van der Waals surface area contributed by atoms with Gasteiger partial charge in [-0.05, 0) is 30.5 Å². The number of carboxylic acid groups (broad SMARTS) is 1. The quantitative estimate of drug-likeness (QED) is 0.874. The second kappa shape index (κ2) is 5.63. The molecule has 1 amide bonds. The highest BCUT2D eigenvalue weighted by atomic mass is 16.7. The number of fused-ring (bicyclic) bond motifs is 1. The summed E-state index contributed by atoms with van der Waals surface area (Å²) in [6, 6.07) is 5.12. The molecule has 0 aromatic heterocycles. The average Bonchev–Trinajstić information content (AvgIpc) is 3.06. The van der Waals surface area contributed by atoms with Crippen LogP contribution in [0.1, 0.15) is 24.8 Å². The fourth-order valence-corrected chi connectivity index (χ4v) is 2.92. The van der Waals surface area contributed by atoms with Crippen LogP contribution in [0, 0.1) is 5.92 Å². The lowest BCUT2D eigenvalue weighted by Crippen LogP contribution is -2.40. The number of hydrogen-bond acceptors (Lipinski definition) is 4. The first-order chi connectivity index (χ1) is 10.1. The highest BCUT2D eigenvalue weighted by Gasteiger charge is 2.33. The minimum atomic E-state index is -0.833. The molecular formula is C15H17NO5. The Morgan fingerprint density at radius 2 is 2.05 bits per heavy atom. The molecule has 1 aliphatic heterocycles. The maximum atomic E-state index is 12.1. The van der Waals surface area contributed by atoms with Crippen LogP contribution in [0.25, 0.3) is 0 Å². The summed E-state index contributed by atoms with van der Waals surface area (Å²) < 4.78 is 10.5. The van der Waals surface area contributed by atoms with E-state index in [0.717, 1.165) is 18.4 Å². The SMILES string of the molecule is O=C(Cc1ccc2c(c1)OCO2)N[C@H]1CCC[C@H]1C(=O)O. The molecule has 2 aliphatic rings. The molecule has 1 aromatic carbocycles. The van der Waals surface area contributed by atoms with Gasteiger partial charge in [0.05, 0.1) is 12.3 Å². The minimum absolute atomic E-state index is 0.160. The smallest absolute Gasteiger partial charge is 0.308 e. The highest BCUT2D eigenvalue weighted by Crippen LogP contribution is 2.32. The molecule has 0 radical (unpaired) electrons. The van der Waals surface area contributed by atoms with Gasteiger partial charge in [0.2, 0.25) is 12.7 Å². The molecule has 1 fully saturated rings. The Balaban J connectivity index is 1.60. The summed E-state index contributed by atoms with van der Waals surface area (Å²) in [5, 5.41) is 11.9. The first kappa shape index (κ1) is 13.7. The lowest BCUT2D eigenvalue weighted by Gasteiger charge is -2.17. The topological polar surface area (TPSA) is 84.9 Å². The van der Waals surface area contributed by atoms with Crippen LogP contribution in [-0.2, 0) is 16.0 Å². The second-order valence-corrected chi connectivity index (χ2v) is 5.41. The lowest BCUT2D eigenvalue weighted by molar-refractivity contribution is -0.142. The van der Waals surface area contributed by atoms with Crippen LogP contribution in [0.4, 0.5) is 0 Å². The van der Waals surface area contributed by atoms with E-state index in [2.05, 4.69) is 5.32 Å². The van der Waals surface area contributed by atoms with Crippen molar-refractivity contribution >= 4 is 11.9 Å². The van der Waals surface area contributed by atoms with E-state index in [1.807, 2.05) is 6.07 Å². The van der Waals surface area contributed by atoms with E-state index < -0.39 is 11.9 Å². The zero-order valence-electron chi connectivity index (χ0n) is 11.5. The number of benzene rings is 1. The first-order valence-electron chi connectivity index (χ1n) is 7.04. The molecule has 0 spiro atoms. The van der Waals surface area contributed by atoms with Gasteiger partial charge in [-0.1, -0.05) is 12.5 Å². The number of rotatable bonds is 4. The molecule has 6 heteroatoms. The molecule has 3 rings (SSSR count). The summed E-state index contributed by atoms with van der Waals surface area (Å²) >= 11 is 0. The van der Waals surface area contributed by atoms with Crippen LogP contribution in [0.3, 0.4) is 0 Å². The Kier molecular flexibility index (Phi) is 3.68. The fraction of sp³-hybridized carbons (Fsp3) is 0.467. The Labute approximate surface area is 122 Å². The van der Waals surface area contributed by atoms with E-state index >= 15 is 0 Å². The van der Waals surface area contributed by atoms with E-state index in [1.54, 1.807) is 12.1 Å². The van der Waals surface area contributed by atoms with Crippen LogP contribution in [-0.4, -0.2) is 29.8 Å². The first-order valence-corrected chi connectivity index (χ1v) is 7.04. The van der Waals surface area contributed by atoms with Crippen molar-refractivity contribution in [2.45, 2.75) is 31.7 Å².